The van der Waals surface area contributed by atoms with Crippen LogP contribution in [0.2, 0.25) is 0 Å². The van der Waals surface area contributed by atoms with Gasteiger partial charge in [0.2, 0.25) is 11.9 Å². The van der Waals surface area contributed by atoms with Gasteiger partial charge in [0.05, 0.1) is 19.9 Å². The number of hydrogen-bond donors (Lipinski definition) is 2. The molecule has 0 atom stereocenters. The summed E-state index contributed by atoms with van der Waals surface area (Å²) in [5.74, 6) is 1.74. The number of anilines is 1. The molecule has 0 radical (unpaired) electrons. The number of ether oxygens (including phenoxy) is 2. The average Bonchev–Trinajstić information content (AvgIpc) is 2.36. The fourth-order valence-corrected chi connectivity index (χ4v) is 2.19. The van der Waals surface area contributed by atoms with Crippen molar-refractivity contribution in [1.29, 1.82) is 0 Å². The van der Waals surface area contributed by atoms with Gasteiger partial charge in [-0.15, -0.1) is 0 Å². The topological polar surface area (TPSA) is 98.5 Å². The average molecular weight is 277 g/mol. The molecular formula is C13H19N5O2. The first kappa shape index (κ1) is 14.0. The third-order valence-electron chi connectivity index (χ3n) is 3.02. The van der Waals surface area contributed by atoms with Crippen molar-refractivity contribution in [3.05, 3.63) is 18.2 Å². The summed E-state index contributed by atoms with van der Waals surface area (Å²) in [5, 5.41) is 0. The predicted octanol–water partition coefficient (Wildman–Crippen LogP) is 0.889. The third kappa shape index (κ3) is 2.34. The van der Waals surface area contributed by atoms with Crippen molar-refractivity contribution in [1.82, 2.24) is 0 Å². The van der Waals surface area contributed by atoms with E-state index in [-0.39, 0.29) is 11.9 Å². The van der Waals surface area contributed by atoms with Crippen LogP contribution >= 0.6 is 0 Å². The largest absolute Gasteiger partial charge is 0.497 e. The van der Waals surface area contributed by atoms with Gasteiger partial charge >= 0.3 is 0 Å². The molecule has 0 saturated carbocycles. The van der Waals surface area contributed by atoms with Crippen molar-refractivity contribution in [3.63, 3.8) is 0 Å². The fourth-order valence-electron chi connectivity index (χ4n) is 2.19. The van der Waals surface area contributed by atoms with Crippen molar-refractivity contribution in [3.8, 4) is 11.5 Å². The van der Waals surface area contributed by atoms with Crippen LogP contribution in [0.3, 0.4) is 0 Å². The number of rotatable bonds is 3. The van der Waals surface area contributed by atoms with Crippen LogP contribution in [0.1, 0.15) is 13.8 Å². The molecule has 0 aromatic heterocycles. The zero-order chi connectivity index (χ0) is 14.9. The first-order valence-electron chi connectivity index (χ1n) is 6.11. The van der Waals surface area contributed by atoms with Gasteiger partial charge in [-0.25, -0.2) is 4.99 Å². The Morgan fingerprint density at radius 2 is 1.85 bits per heavy atom. The smallest absolute Gasteiger partial charge is 0.220 e. The molecule has 7 nitrogen and oxygen atoms in total. The van der Waals surface area contributed by atoms with E-state index in [0.29, 0.717) is 11.5 Å². The summed E-state index contributed by atoms with van der Waals surface area (Å²) >= 11 is 0. The molecule has 1 heterocycles. The van der Waals surface area contributed by atoms with Crippen LogP contribution in [0, 0.1) is 0 Å². The quantitative estimate of drug-likeness (QED) is 0.855. The van der Waals surface area contributed by atoms with Crippen molar-refractivity contribution in [2.45, 2.75) is 19.5 Å². The minimum absolute atomic E-state index is 0.163. The Hall–Kier alpha value is -2.44. The van der Waals surface area contributed by atoms with Gasteiger partial charge < -0.3 is 20.9 Å². The Kier molecular flexibility index (Phi) is 3.44. The van der Waals surface area contributed by atoms with Crippen LogP contribution in [0.25, 0.3) is 0 Å². The van der Waals surface area contributed by atoms with E-state index in [4.69, 9.17) is 20.9 Å². The van der Waals surface area contributed by atoms with E-state index in [1.54, 1.807) is 25.2 Å². The molecule has 1 aliphatic rings. The van der Waals surface area contributed by atoms with E-state index in [1.165, 1.54) is 0 Å². The molecule has 2 rings (SSSR count). The van der Waals surface area contributed by atoms with Gasteiger partial charge in [0.15, 0.2) is 0 Å². The van der Waals surface area contributed by atoms with Gasteiger partial charge in [-0.3, -0.25) is 4.90 Å². The molecule has 0 aliphatic carbocycles. The molecule has 0 unspecified atom stereocenters. The number of benzene rings is 1. The maximum atomic E-state index is 6.00. The zero-order valence-electron chi connectivity index (χ0n) is 12.0. The molecule has 1 aromatic rings. The van der Waals surface area contributed by atoms with Crippen LogP contribution in [-0.4, -0.2) is 31.8 Å². The van der Waals surface area contributed by atoms with Crippen molar-refractivity contribution >= 4 is 17.6 Å². The molecule has 0 bridgehead atoms. The number of hydrogen-bond acceptors (Lipinski definition) is 7. The van der Waals surface area contributed by atoms with Crippen LogP contribution in [-0.2, 0) is 0 Å². The SMILES string of the molecule is COc1ccc(N2C(N)=NC(N)=NC2(C)C)c(OC)c1. The minimum Gasteiger partial charge on any atom is -0.497 e. The highest BCUT2D eigenvalue weighted by atomic mass is 16.5. The summed E-state index contributed by atoms with van der Waals surface area (Å²) in [6.07, 6.45) is 0. The number of nitrogens with two attached hydrogens (primary N) is 2. The van der Waals surface area contributed by atoms with E-state index in [1.807, 2.05) is 26.0 Å². The normalized spacial score (nSPS) is 17.3. The number of aliphatic imine (C=N–C) groups is 2. The second-order valence-corrected chi connectivity index (χ2v) is 4.81. The molecule has 4 N–H and O–H groups in total. The second-order valence-electron chi connectivity index (χ2n) is 4.81. The van der Waals surface area contributed by atoms with Gasteiger partial charge in [0, 0.05) is 6.07 Å². The van der Waals surface area contributed by atoms with Gasteiger partial charge in [-0.2, -0.15) is 4.99 Å². The molecule has 1 aliphatic heterocycles. The predicted molar refractivity (Wildman–Crippen MR) is 79.3 cm³/mol. The summed E-state index contributed by atoms with van der Waals surface area (Å²) in [4.78, 5) is 10.1. The lowest BCUT2D eigenvalue weighted by molar-refractivity contribution is 0.392. The van der Waals surface area contributed by atoms with E-state index < -0.39 is 5.66 Å². The highest BCUT2D eigenvalue weighted by Gasteiger charge is 2.34. The molecule has 7 heteroatoms. The fraction of sp³-hybridized carbons (Fsp3) is 0.385. The van der Waals surface area contributed by atoms with Crippen LogP contribution in [0.4, 0.5) is 5.69 Å². The maximum Gasteiger partial charge on any atom is 0.220 e. The summed E-state index contributed by atoms with van der Waals surface area (Å²) in [6.45, 7) is 3.79. The van der Waals surface area contributed by atoms with Gasteiger partial charge in [0.25, 0.3) is 0 Å². The first-order valence-corrected chi connectivity index (χ1v) is 6.11. The highest BCUT2D eigenvalue weighted by molar-refractivity contribution is 6.06. The molecular weight excluding hydrogens is 258 g/mol. The molecule has 0 fully saturated rings. The van der Waals surface area contributed by atoms with E-state index >= 15 is 0 Å². The molecule has 0 spiro atoms. The molecule has 0 amide bonds. The molecule has 0 saturated heterocycles. The third-order valence-corrected chi connectivity index (χ3v) is 3.02. The lowest BCUT2D eigenvalue weighted by atomic mass is 10.1. The molecule has 20 heavy (non-hydrogen) atoms. The molecule has 108 valence electrons. The van der Waals surface area contributed by atoms with Crippen LogP contribution < -0.4 is 25.8 Å². The Balaban J connectivity index is 2.53. The zero-order valence-corrected chi connectivity index (χ0v) is 12.0. The number of guanidine groups is 2. The van der Waals surface area contributed by atoms with Crippen LogP contribution in [0.5, 0.6) is 11.5 Å². The summed E-state index contributed by atoms with van der Waals surface area (Å²) < 4.78 is 10.6. The van der Waals surface area contributed by atoms with E-state index in [2.05, 4.69) is 9.98 Å². The summed E-state index contributed by atoms with van der Waals surface area (Å²) in [7, 11) is 3.18. The Morgan fingerprint density at radius 1 is 1.15 bits per heavy atom. The Bertz CT molecular complexity index is 580. The van der Waals surface area contributed by atoms with Crippen LogP contribution in [0.15, 0.2) is 28.2 Å². The van der Waals surface area contributed by atoms with E-state index in [9.17, 15) is 0 Å². The highest BCUT2D eigenvalue weighted by Crippen LogP contribution is 2.37. The minimum atomic E-state index is -0.655. The maximum absolute atomic E-state index is 6.00. The van der Waals surface area contributed by atoms with E-state index in [0.717, 1.165) is 5.69 Å². The summed E-state index contributed by atoms with van der Waals surface area (Å²) in [6, 6.07) is 5.45. The summed E-state index contributed by atoms with van der Waals surface area (Å²) in [5.41, 5.74) is 11.8. The molecule has 1 aromatic carbocycles. The monoisotopic (exact) mass is 277 g/mol. The van der Waals surface area contributed by atoms with Gasteiger partial charge in [0.1, 0.15) is 17.2 Å². The Morgan fingerprint density at radius 3 is 2.40 bits per heavy atom. The van der Waals surface area contributed by atoms with Crippen molar-refractivity contribution in [2.24, 2.45) is 21.5 Å². The number of methoxy groups -OCH3 is 2. The lowest BCUT2D eigenvalue weighted by Crippen LogP contribution is -2.54. The van der Waals surface area contributed by atoms with Crippen molar-refractivity contribution in [2.75, 3.05) is 19.1 Å². The van der Waals surface area contributed by atoms with Crippen molar-refractivity contribution < 1.29 is 9.47 Å². The first-order chi connectivity index (χ1) is 9.39. The number of nitrogens with zero attached hydrogens (tertiary/aromatic N) is 3. The lowest BCUT2D eigenvalue weighted by Gasteiger charge is -2.39. The van der Waals surface area contributed by atoms with Gasteiger partial charge in [-0.1, -0.05) is 0 Å². The van der Waals surface area contributed by atoms with Gasteiger partial charge in [-0.05, 0) is 26.0 Å². The standard InChI is InChI=1S/C13H19N5O2/c1-13(2)17-11(14)16-12(15)18(13)9-6-5-8(19-3)7-10(9)20-4/h5-7H,1-4H3,(H4,14,15,16,17). The Labute approximate surface area is 117 Å². The second kappa shape index (κ2) is 4.92.